The molecule has 3 heterocycles. The first-order chi connectivity index (χ1) is 10.9. The lowest BCUT2D eigenvalue weighted by molar-refractivity contribution is -0.0709. The van der Waals surface area contributed by atoms with Gasteiger partial charge in [0, 0.05) is 38.8 Å². The zero-order valence-corrected chi connectivity index (χ0v) is 13.7. The van der Waals surface area contributed by atoms with Crippen LogP contribution < -0.4 is 10.6 Å². The molecule has 2 spiro atoms. The Bertz CT molecular complexity index is 531. The average Bonchev–Trinajstić information content (AvgIpc) is 3.13. The maximum atomic E-state index is 11.4. The minimum absolute atomic E-state index is 0.0332. The molecular formula is C16H26N4O3. The van der Waals surface area contributed by atoms with Crippen molar-refractivity contribution in [1.82, 2.24) is 20.4 Å². The Morgan fingerprint density at radius 2 is 2.00 bits per heavy atom. The summed E-state index contributed by atoms with van der Waals surface area (Å²) in [6.07, 6.45) is 3.36. The van der Waals surface area contributed by atoms with Crippen LogP contribution in [0.15, 0.2) is 0 Å². The van der Waals surface area contributed by atoms with Gasteiger partial charge in [-0.2, -0.15) is 0 Å². The van der Waals surface area contributed by atoms with Gasteiger partial charge in [-0.15, -0.1) is 0 Å². The summed E-state index contributed by atoms with van der Waals surface area (Å²) in [6, 6.07) is 0.542. The number of carboxylic acid groups (broad SMARTS) is 1. The molecule has 0 radical (unpaired) electrons. The number of hydrogen-bond donors (Lipinski definition) is 3. The summed E-state index contributed by atoms with van der Waals surface area (Å²) in [6.45, 7) is 6.48. The van der Waals surface area contributed by atoms with Crippen molar-refractivity contribution in [1.29, 1.82) is 0 Å². The molecular weight excluding hydrogens is 296 g/mol. The minimum Gasteiger partial charge on any atom is -0.465 e. The van der Waals surface area contributed by atoms with Crippen LogP contribution in [0.25, 0.3) is 0 Å². The maximum Gasteiger partial charge on any atom is 0.407 e. The predicted molar refractivity (Wildman–Crippen MR) is 84.3 cm³/mol. The average molecular weight is 322 g/mol. The Labute approximate surface area is 136 Å². The molecule has 23 heavy (non-hydrogen) atoms. The third-order valence-corrected chi connectivity index (χ3v) is 7.00. The molecule has 0 bridgehead atoms. The van der Waals surface area contributed by atoms with Crippen molar-refractivity contribution < 1.29 is 14.7 Å². The highest BCUT2D eigenvalue weighted by Crippen LogP contribution is 2.55. The monoisotopic (exact) mass is 322 g/mol. The zero-order chi connectivity index (χ0) is 16.2. The Morgan fingerprint density at radius 1 is 1.26 bits per heavy atom. The topological polar surface area (TPSA) is 84.9 Å². The van der Waals surface area contributed by atoms with Crippen LogP contribution in [0.5, 0.6) is 0 Å². The quantitative estimate of drug-likeness (QED) is 0.670. The molecule has 3 saturated heterocycles. The predicted octanol–water partition coefficient (Wildman–Crippen LogP) is 0.912. The number of rotatable bonds is 1. The molecule has 0 aromatic carbocycles. The van der Waals surface area contributed by atoms with E-state index in [-0.39, 0.29) is 17.0 Å². The van der Waals surface area contributed by atoms with Crippen LogP contribution in [0, 0.1) is 11.3 Å². The molecule has 0 aromatic rings. The van der Waals surface area contributed by atoms with Crippen LogP contribution in [-0.4, -0.2) is 71.3 Å². The van der Waals surface area contributed by atoms with Crippen LogP contribution in [0.4, 0.5) is 9.59 Å². The van der Waals surface area contributed by atoms with Gasteiger partial charge in [-0.1, -0.05) is 6.92 Å². The second kappa shape index (κ2) is 5.00. The van der Waals surface area contributed by atoms with Gasteiger partial charge in [0.25, 0.3) is 0 Å². The molecule has 3 aliphatic heterocycles. The molecule has 3 N–H and O–H groups in total. The van der Waals surface area contributed by atoms with Gasteiger partial charge in [0.05, 0.1) is 5.54 Å². The summed E-state index contributed by atoms with van der Waals surface area (Å²) in [5, 5.41) is 15.2. The van der Waals surface area contributed by atoms with Crippen molar-refractivity contribution in [3.63, 3.8) is 0 Å². The molecule has 4 fully saturated rings. The van der Waals surface area contributed by atoms with Crippen molar-refractivity contribution in [2.24, 2.45) is 11.3 Å². The minimum atomic E-state index is -0.776. The second-order valence-corrected chi connectivity index (χ2v) is 8.00. The van der Waals surface area contributed by atoms with Crippen LogP contribution in [0.1, 0.15) is 32.6 Å². The summed E-state index contributed by atoms with van der Waals surface area (Å²) >= 11 is 0. The highest BCUT2D eigenvalue weighted by molar-refractivity contribution is 5.77. The van der Waals surface area contributed by atoms with Gasteiger partial charge in [-0.05, 0) is 37.0 Å². The Kier molecular flexibility index (Phi) is 3.27. The molecule has 4 rings (SSSR count). The molecule has 4 aliphatic rings. The fourth-order valence-corrected chi connectivity index (χ4v) is 5.23. The fourth-order valence-electron chi connectivity index (χ4n) is 5.23. The molecule has 3 amide bonds. The first kappa shape index (κ1) is 15.1. The van der Waals surface area contributed by atoms with E-state index in [0.29, 0.717) is 25.0 Å². The molecule has 3 atom stereocenters. The standard InChI is InChI=1S/C16H26N4O3/c1-11-12(8-15(11)2-5-20(10-15)14(22)23)19-6-3-16(4-7-19)9-17-13(21)18-16/h11-12H,2-10H2,1H3,(H,22,23)(H2,17,18,21). The largest absolute Gasteiger partial charge is 0.465 e. The van der Waals surface area contributed by atoms with Crippen molar-refractivity contribution in [2.75, 3.05) is 32.7 Å². The maximum absolute atomic E-state index is 11.4. The fraction of sp³-hybridized carbons (Fsp3) is 0.875. The van der Waals surface area contributed by atoms with E-state index >= 15 is 0 Å². The van der Waals surface area contributed by atoms with E-state index < -0.39 is 6.09 Å². The molecule has 0 aromatic heterocycles. The smallest absolute Gasteiger partial charge is 0.407 e. The number of piperidine rings is 1. The van der Waals surface area contributed by atoms with Gasteiger partial charge in [0.2, 0.25) is 0 Å². The van der Waals surface area contributed by atoms with Gasteiger partial charge in [-0.3, -0.25) is 4.90 Å². The van der Waals surface area contributed by atoms with Crippen molar-refractivity contribution in [2.45, 2.75) is 44.2 Å². The number of nitrogens with one attached hydrogen (secondary N) is 2. The van der Waals surface area contributed by atoms with Crippen LogP contribution in [-0.2, 0) is 0 Å². The van der Waals surface area contributed by atoms with Crippen molar-refractivity contribution >= 4 is 12.1 Å². The number of carbonyl (C=O) groups is 2. The summed E-state index contributed by atoms with van der Waals surface area (Å²) in [7, 11) is 0. The number of amides is 3. The van der Waals surface area contributed by atoms with Gasteiger partial charge >= 0.3 is 12.1 Å². The lowest BCUT2D eigenvalue weighted by Crippen LogP contribution is -2.63. The van der Waals surface area contributed by atoms with E-state index in [2.05, 4.69) is 22.5 Å². The third kappa shape index (κ3) is 2.28. The lowest BCUT2D eigenvalue weighted by Gasteiger charge is -2.57. The van der Waals surface area contributed by atoms with E-state index in [1.165, 1.54) is 0 Å². The molecule has 3 unspecified atom stereocenters. The Hall–Kier alpha value is -1.50. The molecule has 128 valence electrons. The van der Waals surface area contributed by atoms with Crippen LogP contribution in [0.3, 0.4) is 0 Å². The third-order valence-electron chi connectivity index (χ3n) is 7.00. The van der Waals surface area contributed by atoms with E-state index in [9.17, 15) is 14.7 Å². The summed E-state index contributed by atoms with van der Waals surface area (Å²) < 4.78 is 0. The van der Waals surface area contributed by atoms with Crippen molar-refractivity contribution in [3.05, 3.63) is 0 Å². The normalized spacial score (nSPS) is 39.3. The molecule has 1 aliphatic carbocycles. The zero-order valence-electron chi connectivity index (χ0n) is 13.7. The Morgan fingerprint density at radius 3 is 2.52 bits per heavy atom. The van der Waals surface area contributed by atoms with E-state index in [0.717, 1.165) is 45.3 Å². The van der Waals surface area contributed by atoms with Gasteiger partial charge in [0.15, 0.2) is 0 Å². The Balaban J connectivity index is 1.34. The van der Waals surface area contributed by atoms with E-state index in [1.807, 2.05) is 0 Å². The number of urea groups is 1. The molecule has 1 saturated carbocycles. The highest BCUT2D eigenvalue weighted by atomic mass is 16.4. The number of carbonyl (C=O) groups excluding carboxylic acids is 1. The van der Waals surface area contributed by atoms with Crippen LogP contribution in [0.2, 0.25) is 0 Å². The summed E-state index contributed by atoms with van der Waals surface area (Å²) in [5.41, 5.74) is 0.174. The van der Waals surface area contributed by atoms with Crippen molar-refractivity contribution in [3.8, 4) is 0 Å². The van der Waals surface area contributed by atoms with Gasteiger partial charge < -0.3 is 20.6 Å². The first-order valence-corrected chi connectivity index (χ1v) is 8.71. The first-order valence-electron chi connectivity index (χ1n) is 8.71. The highest BCUT2D eigenvalue weighted by Gasteiger charge is 2.57. The lowest BCUT2D eigenvalue weighted by atomic mass is 9.56. The summed E-state index contributed by atoms with van der Waals surface area (Å²) in [4.78, 5) is 26.7. The number of likely N-dealkylation sites (tertiary alicyclic amines) is 2. The summed E-state index contributed by atoms with van der Waals surface area (Å²) in [5.74, 6) is 0.553. The molecule has 7 nitrogen and oxygen atoms in total. The van der Waals surface area contributed by atoms with E-state index in [1.54, 1.807) is 4.90 Å². The molecule has 7 heteroatoms. The number of hydrogen-bond acceptors (Lipinski definition) is 3. The second-order valence-electron chi connectivity index (χ2n) is 8.00. The van der Waals surface area contributed by atoms with Gasteiger partial charge in [-0.25, -0.2) is 9.59 Å². The SMILES string of the molecule is CC1C(N2CCC3(CC2)CNC(=O)N3)CC12CCN(C(=O)O)C2. The van der Waals surface area contributed by atoms with Gasteiger partial charge in [0.1, 0.15) is 0 Å². The van der Waals surface area contributed by atoms with Crippen LogP contribution >= 0.6 is 0 Å². The number of nitrogens with zero attached hydrogens (tertiary/aromatic N) is 2. The van der Waals surface area contributed by atoms with E-state index in [4.69, 9.17) is 0 Å².